The van der Waals surface area contributed by atoms with E-state index in [9.17, 15) is 0 Å². The summed E-state index contributed by atoms with van der Waals surface area (Å²) in [4.78, 5) is 0. The van der Waals surface area contributed by atoms with E-state index in [1.807, 2.05) is 4.68 Å². The maximum Gasteiger partial charge on any atom is 0.168 e. The van der Waals surface area contributed by atoms with Gasteiger partial charge in [0.1, 0.15) is 0 Å². The fourth-order valence-electron chi connectivity index (χ4n) is 3.01. The molecule has 6 heteroatoms. The number of nitrogens with zero attached hydrogens (tertiary/aromatic N) is 4. The predicted molar refractivity (Wildman–Crippen MR) is 83.7 cm³/mol. The molecule has 0 aliphatic heterocycles. The van der Waals surface area contributed by atoms with Gasteiger partial charge in [-0.2, -0.15) is 0 Å². The number of hydrogen-bond donors (Lipinski definition) is 2. The Morgan fingerprint density at radius 2 is 2.00 bits per heavy atom. The van der Waals surface area contributed by atoms with E-state index in [2.05, 4.69) is 41.6 Å². The SMILES string of the molecule is CCCCn1nnnc1C(NC1CCC(N)CC1)C(C)C. The van der Waals surface area contributed by atoms with Crippen LogP contribution < -0.4 is 11.1 Å². The molecule has 21 heavy (non-hydrogen) atoms. The summed E-state index contributed by atoms with van der Waals surface area (Å²) in [5.74, 6) is 1.44. The molecule has 0 saturated heterocycles. The van der Waals surface area contributed by atoms with Crippen molar-refractivity contribution in [2.75, 3.05) is 0 Å². The number of aryl methyl sites for hydroxylation is 1. The number of rotatable bonds is 7. The molecule has 0 spiro atoms. The normalized spacial score (nSPS) is 24.4. The second kappa shape index (κ2) is 7.84. The standard InChI is InChI=1S/C15H30N6/c1-4-5-10-21-15(18-19-20-21)14(11(2)3)17-13-8-6-12(16)7-9-13/h11-14,17H,4-10,16H2,1-3H3. The Bertz CT molecular complexity index is 408. The number of nitrogens with one attached hydrogen (secondary N) is 1. The Labute approximate surface area is 127 Å². The monoisotopic (exact) mass is 294 g/mol. The third-order valence-corrected chi connectivity index (χ3v) is 4.42. The molecule has 3 N–H and O–H groups in total. The van der Waals surface area contributed by atoms with E-state index in [-0.39, 0.29) is 6.04 Å². The van der Waals surface area contributed by atoms with Crippen LogP contribution in [0.2, 0.25) is 0 Å². The summed E-state index contributed by atoms with van der Waals surface area (Å²) < 4.78 is 1.97. The van der Waals surface area contributed by atoms with Crippen LogP contribution in [0.1, 0.15) is 71.2 Å². The second-order valence-electron chi connectivity index (χ2n) is 6.61. The van der Waals surface area contributed by atoms with Gasteiger partial charge in [-0.3, -0.25) is 0 Å². The van der Waals surface area contributed by atoms with E-state index in [4.69, 9.17) is 5.73 Å². The Morgan fingerprint density at radius 1 is 1.29 bits per heavy atom. The molecule has 1 aromatic heterocycles. The zero-order valence-corrected chi connectivity index (χ0v) is 13.6. The summed E-state index contributed by atoms with van der Waals surface area (Å²) in [6, 6.07) is 1.14. The van der Waals surface area contributed by atoms with Crippen LogP contribution in [-0.4, -0.2) is 32.3 Å². The van der Waals surface area contributed by atoms with E-state index >= 15 is 0 Å². The van der Waals surface area contributed by atoms with Gasteiger partial charge in [0.25, 0.3) is 0 Å². The number of aromatic nitrogens is 4. The van der Waals surface area contributed by atoms with Crippen molar-refractivity contribution in [1.82, 2.24) is 25.5 Å². The molecule has 1 aliphatic carbocycles. The summed E-state index contributed by atoms with van der Waals surface area (Å²) in [6.45, 7) is 7.54. The van der Waals surface area contributed by atoms with Crippen LogP contribution in [0.4, 0.5) is 0 Å². The fourth-order valence-corrected chi connectivity index (χ4v) is 3.01. The van der Waals surface area contributed by atoms with Crippen molar-refractivity contribution in [1.29, 1.82) is 0 Å². The van der Waals surface area contributed by atoms with Gasteiger partial charge in [-0.15, -0.1) is 5.10 Å². The molecule has 1 saturated carbocycles. The fraction of sp³-hybridized carbons (Fsp3) is 0.933. The average Bonchev–Trinajstić information content (AvgIpc) is 2.92. The Balaban J connectivity index is 2.03. The highest BCUT2D eigenvalue weighted by Gasteiger charge is 2.27. The third kappa shape index (κ3) is 4.48. The van der Waals surface area contributed by atoms with Crippen LogP contribution in [-0.2, 0) is 6.54 Å². The summed E-state index contributed by atoms with van der Waals surface area (Å²) in [6.07, 6.45) is 6.80. The smallest absolute Gasteiger partial charge is 0.168 e. The van der Waals surface area contributed by atoms with Gasteiger partial charge in [0, 0.05) is 18.6 Å². The molecule has 6 nitrogen and oxygen atoms in total. The first-order chi connectivity index (χ1) is 10.1. The van der Waals surface area contributed by atoms with Crippen molar-refractivity contribution in [2.45, 2.75) is 84.0 Å². The minimum atomic E-state index is 0.219. The Morgan fingerprint density at radius 3 is 2.62 bits per heavy atom. The van der Waals surface area contributed by atoms with Crippen molar-refractivity contribution >= 4 is 0 Å². The highest BCUT2D eigenvalue weighted by Crippen LogP contribution is 2.24. The van der Waals surface area contributed by atoms with Gasteiger partial charge in [-0.05, 0) is 48.4 Å². The number of nitrogens with two attached hydrogens (primary N) is 1. The van der Waals surface area contributed by atoms with Gasteiger partial charge in [0.2, 0.25) is 0 Å². The first-order valence-electron chi connectivity index (χ1n) is 8.39. The topological polar surface area (TPSA) is 81.7 Å². The highest BCUT2D eigenvalue weighted by molar-refractivity contribution is 4.96. The lowest BCUT2D eigenvalue weighted by atomic mass is 9.90. The molecule has 1 unspecified atom stereocenters. The van der Waals surface area contributed by atoms with E-state index in [0.29, 0.717) is 18.0 Å². The van der Waals surface area contributed by atoms with Crippen molar-refractivity contribution in [3.05, 3.63) is 5.82 Å². The molecule has 0 bridgehead atoms. The quantitative estimate of drug-likeness (QED) is 0.804. The molecule has 1 aliphatic rings. The lowest BCUT2D eigenvalue weighted by molar-refractivity contribution is 0.272. The van der Waals surface area contributed by atoms with Gasteiger partial charge in [0.05, 0.1) is 6.04 Å². The Hall–Kier alpha value is -1.01. The lowest BCUT2D eigenvalue weighted by Gasteiger charge is -2.32. The van der Waals surface area contributed by atoms with E-state index in [1.54, 1.807) is 0 Å². The molecule has 1 heterocycles. The van der Waals surface area contributed by atoms with Gasteiger partial charge >= 0.3 is 0 Å². The van der Waals surface area contributed by atoms with Crippen molar-refractivity contribution < 1.29 is 0 Å². The molecule has 1 fully saturated rings. The lowest BCUT2D eigenvalue weighted by Crippen LogP contribution is -2.41. The number of unbranched alkanes of at least 4 members (excludes halogenated alkanes) is 1. The predicted octanol–water partition coefficient (Wildman–Crippen LogP) is 2.03. The summed E-state index contributed by atoms with van der Waals surface area (Å²) >= 11 is 0. The minimum Gasteiger partial charge on any atom is -0.328 e. The summed E-state index contributed by atoms with van der Waals surface area (Å²) in [5.41, 5.74) is 6.00. The molecule has 1 atom stereocenters. The second-order valence-corrected chi connectivity index (χ2v) is 6.61. The van der Waals surface area contributed by atoms with Gasteiger partial charge in [-0.1, -0.05) is 27.2 Å². The van der Waals surface area contributed by atoms with Crippen LogP contribution in [0, 0.1) is 5.92 Å². The van der Waals surface area contributed by atoms with E-state index in [1.165, 1.54) is 0 Å². The Kier molecular flexibility index (Phi) is 6.11. The van der Waals surface area contributed by atoms with Crippen molar-refractivity contribution in [2.24, 2.45) is 11.7 Å². The van der Waals surface area contributed by atoms with Crippen LogP contribution in [0.5, 0.6) is 0 Å². The van der Waals surface area contributed by atoms with Gasteiger partial charge in [0.15, 0.2) is 5.82 Å². The van der Waals surface area contributed by atoms with E-state index in [0.717, 1.165) is 50.9 Å². The maximum absolute atomic E-state index is 6.00. The summed E-state index contributed by atoms with van der Waals surface area (Å²) in [7, 11) is 0. The van der Waals surface area contributed by atoms with Gasteiger partial charge < -0.3 is 11.1 Å². The van der Waals surface area contributed by atoms with Crippen LogP contribution in [0.15, 0.2) is 0 Å². The first-order valence-corrected chi connectivity index (χ1v) is 8.39. The molecule has 0 radical (unpaired) electrons. The average molecular weight is 294 g/mol. The van der Waals surface area contributed by atoms with Crippen LogP contribution >= 0.6 is 0 Å². The zero-order chi connectivity index (χ0) is 15.2. The molecule has 1 aromatic rings. The van der Waals surface area contributed by atoms with Crippen molar-refractivity contribution in [3.8, 4) is 0 Å². The van der Waals surface area contributed by atoms with Crippen molar-refractivity contribution in [3.63, 3.8) is 0 Å². The number of hydrogen-bond acceptors (Lipinski definition) is 5. The largest absolute Gasteiger partial charge is 0.328 e. The zero-order valence-electron chi connectivity index (χ0n) is 13.6. The molecule has 0 aromatic carbocycles. The molecule has 120 valence electrons. The van der Waals surface area contributed by atoms with E-state index < -0.39 is 0 Å². The highest BCUT2D eigenvalue weighted by atomic mass is 15.5. The van der Waals surface area contributed by atoms with Crippen LogP contribution in [0.25, 0.3) is 0 Å². The molecular formula is C15H30N6. The molecular weight excluding hydrogens is 264 g/mol. The third-order valence-electron chi connectivity index (χ3n) is 4.42. The summed E-state index contributed by atoms with van der Waals surface area (Å²) in [5, 5.41) is 16.1. The molecule has 2 rings (SSSR count). The van der Waals surface area contributed by atoms with Crippen LogP contribution in [0.3, 0.4) is 0 Å². The first kappa shape index (κ1) is 16.4. The number of tetrazole rings is 1. The minimum absolute atomic E-state index is 0.219. The molecule has 0 amide bonds. The maximum atomic E-state index is 6.00. The van der Waals surface area contributed by atoms with Gasteiger partial charge in [-0.25, -0.2) is 4.68 Å².